The third-order valence-corrected chi connectivity index (χ3v) is 4.35. The molecule has 2 rings (SSSR count). The fourth-order valence-corrected chi connectivity index (χ4v) is 3.31. The molecule has 17 heavy (non-hydrogen) atoms. The van der Waals surface area contributed by atoms with Crippen LogP contribution in [-0.2, 0) is 10.8 Å². The Bertz CT molecular complexity index is 383. The van der Waals surface area contributed by atoms with Crippen molar-refractivity contribution >= 4 is 23.2 Å². The zero-order chi connectivity index (χ0) is 11.4. The van der Waals surface area contributed by atoms with E-state index >= 15 is 0 Å². The van der Waals surface area contributed by atoms with Crippen LogP contribution >= 0.6 is 12.4 Å². The fourth-order valence-electron chi connectivity index (χ4n) is 1.95. The number of hydrogen-bond acceptors (Lipinski definition) is 4. The molecule has 4 nitrogen and oxygen atoms in total. The lowest BCUT2D eigenvalue weighted by Crippen LogP contribution is -2.38. The Morgan fingerprint density at radius 1 is 1.41 bits per heavy atom. The van der Waals surface area contributed by atoms with Crippen LogP contribution < -0.4 is 5.32 Å². The van der Waals surface area contributed by atoms with Gasteiger partial charge in [-0.25, -0.2) is 4.98 Å². The maximum absolute atomic E-state index is 12.1. The predicted molar refractivity (Wildman–Crippen MR) is 70.9 cm³/mol. The molecule has 0 radical (unpaired) electrons. The van der Waals surface area contributed by atoms with Crippen molar-refractivity contribution < 1.29 is 4.21 Å². The van der Waals surface area contributed by atoms with Crippen molar-refractivity contribution in [3.8, 4) is 0 Å². The van der Waals surface area contributed by atoms with E-state index < -0.39 is 10.8 Å². The second-order valence-electron chi connectivity index (χ2n) is 4.11. The number of hydrogen-bond donors (Lipinski definition) is 1. The van der Waals surface area contributed by atoms with Crippen LogP contribution in [0.25, 0.3) is 0 Å². The summed E-state index contributed by atoms with van der Waals surface area (Å²) < 4.78 is 12.1. The van der Waals surface area contributed by atoms with Crippen LogP contribution in [-0.4, -0.2) is 32.5 Å². The van der Waals surface area contributed by atoms with E-state index in [2.05, 4.69) is 15.3 Å². The summed E-state index contributed by atoms with van der Waals surface area (Å²) in [5, 5.41) is 4.03. The van der Waals surface area contributed by atoms with Crippen molar-refractivity contribution in [2.75, 3.05) is 12.3 Å². The van der Waals surface area contributed by atoms with Gasteiger partial charge in [0.15, 0.2) is 0 Å². The van der Waals surface area contributed by atoms with Crippen molar-refractivity contribution in [2.24, 2.45) is 0 Å². The Morgan fingerprint density at radius 2 is 2.18 bits per heavy atom. The van der Waals surface area contributed by atoms with Crippen LogP contribution in [0.4, 0.5) is 0 Å². The quantitative estimate of drug-likeness (QED) is 0.907. The Hall–Kier alpha value is -0.520. The summed E-state index contributed by atoms with van der Waals surface area (Å²) in [7, 11) is -1.03. The normalized spacial score (nSPS) is 21.6. The summed E-state index contributed by atoms with van der Waals surface area (Å²) in [6, 6.07) is 0.371. The molecule has 0 bridgehead atoms. The monoisotopic (exact) mass is 275 g/mol. The maximum atomic E-state index is 12.1. The lowest BCUT2D eigenvalue weighted by Gasteiger charge is -2.22. The molecule has 1 saturated heterocycles. The van der Waals surface area contributed by atoms with Gasteiger partial charge in [-0.2, -0.15) is 0 Å². The topological polar surface area (TPSA) is 54.9 Å². The molecule has 2 unspecified atom stereocenters. The highest BCUT2D eigenvalue weighted by Crippen LogP contribution is 2.12. The first kappa shape index (κ1) is 14.5. The van der Waals surface area contributed by atoms with Gasteiger partial charge in [0, 0.05) is 24.2 Å². The van der Waals surface area contributed by atoms with Gasteiger partial charge in [0.05, 0.1) is 16.5 Å². The predicted octanol–water partition coefficient (Wildman–Crippen LogP) is 1.46. The smallest absolute Gasteiger partial charge is 0.148 e. The minimum Gasteiger partial charge on any atom is -0.313 e. The van der Waals surface area contributed by atoms with Gasteiger partial charge in [-0.1, -0.05) is 6.42 Å². The first-order chi connectivity index (χ1) is 7.77. The van der Waals surface area contributed by atoms with Gasteiger partial charge < -0.3 is 5.32 Å². The molecule has 0 amide bonds. The molecule has 0 saturated carbocycles. The van der Waals surface area contributed by atoms with Crippen LogP contribution in [0.5, 0.6) is 0 Å². The average Bonchev–Trinajstić information content (AvgIpc) is 2.31. The first-order valence-electron chi connectivity index (χ1n) is 5.67. The zero-order valence-electron chi connectivity index (χ0n) is 9.89. The van der Waals surface area contributed by atoms with Gasteiger partial charge in [0.2, 0.25) is 0 Å². The second-order valence-corrected chi connectivity index (χ2v) is 5.52. The first-order valence-corrected chi connectivity index (χ1v) is 6.98. The lowest BCUT2D eigenvalue weighted by atomic mass is 10.1. The van der Waals surface area contributed by atoms with Gasteiger partial charge in [-0.05, 0) is 26.3 Å². The van der Waals surface area contributed by atoms with Gasteiger partial charge in [-0.15, -0.1) is 12.4 Å². The number of aromatic nitrogens is 2. The van der Waals surface area contributed by atoms with E-state index in [1.807, 2.05) is 6.92 Å². The number of rotatable bonds is 3. The summed E-state index contributed by atoms with van der Waals surface area (Å²) in [4.78, 5) is 8.27. The highest BCUT2D eigenvalue weighted by Gasteiger charge is 2.18. The van der Waals surface area contributed by atoms with Gasteiger partial charge in [0.25, 0.3) is 0 Å². The maximum Gasteiger partial charge on any atom is 0.148 e. The van der Waals surface area contributed by atoms with Gasteiger partial charge in [0.1, 0.15) is 5.03 Å². The summed E-state index contributed by atoms with van der Waals surface area (Å²) in [6.07, 6.45) is 6.82. The highest BCUT2D eigenvalue weighted by atomic mass is 35.5. The van der Waals surface area contributed by atoms with Gasteiger partial charge >= 0.3 is 0 Å². The Morgan fingerprint density at radius 3 is 2.82 bits per heavy atom. The van der Waals surface area contributed by atoms with E-state index in [1.54, 1.807) is 12.4 Å². The lowest BCUT2D eigenvalue weighted by molar-refractivity contribution is 0.427. The average molecular weight is 276 g/mol. The van der Waals surface area contributed by atoms with Crippen LogP contribution in [0.15, 0.2) is 17.4 Å². The summed E-state index contributed by atoms with van der Waals surface area (Å²) >= 11 is 0. The van der Waals surface area contributed by atoms with E-state index in [0.717, 1.165) is 18.7 Å². The van der Waals surface area contributed by atoms with E-state index in [4.69, 9.17) is 0 Å². The number of aryl methyl sites for hydroxylation is 1. The Balaban J connectivity index is 0.00000144. The molecule has 1 aliphatic rings. The van der Waals surface area contributed by atoms with Crippen LogP contribution in [0.1, 0.15) is 25.0 Å². The summed E-state index contributed by atoms with van der Waals surface area (Å²) in [5.74, 6) is 0.652. The van der Waals surface area contributed by atoms with E-state index in [-0.39, 0.29) is 12.4 Å². The van der Waals surface area contributed by atoms with Crippen molar-refractivity contribution in [3.05, 3.63) is 18.1 Å². The fraction of sp³-hybridized carbons (Fsp3) is 0.636. The highest BCUT2D eigenvalue weighted by molar-refractivity contribution is 7.85. The van der Waals surface area contributed by atoms with E-state index in [1.165, 1.54) is 12.8 Å². The second kappa shape index (κ2) is 7.03. The molecular formula is C11H18ClN3OS. The SMILES string of the molecule is Cc1nccnc1S(=O)CC1CCCCN1.Cl. The molecular weight excluding hydrogens is 258 g/mol. The minimum absolute atomic E-state index is 0. The van der Waals surface area contributed by atoms with E-state index in [0.29, 0.717) is 16.8 Å². The molecule has 6 heteroatoms. The van der Waals surface area contributed by atoms with Gasteiger partial charge in [-0.3, -0.25) is 9.19 Å². The standard InChI is InChI=1S/C11H17N3OS.ClH/c1-9-11(14-7-6-12-9)16(15)8-10-4-2-3-5-13-10;/h6-7,10,13H,2-5,8H2,1H3;1H. The van der Waals surface area contributed by atoms with Crippen molar-refractivity contribution in [1.29, 1.82) is 0 Å². The third-order valence-electron chi connectivity index (χ3n) is 2.82. The number of nitrogens with zero attached hydrogens (tertiary/aromatic N) is 2. The summed E-state index contributed by atoms with van der Waals surface area (Å²) in [5.41, 5.74) is 0.775. The van der Waals surface area contributed by atoms with Crippen molar-refractivity contribution in [3.63, 3.8) is 0 Å². The van der Waals surface area contributed by atoms with Crippen LogP contribution in [0, 0.1) is 6.92 Å². The molecule has 1 aromatic rings. The molecule has 1 fully saturated rings. The molecule has 1 N–H and O–H groups in total. The van der Waals surface area contributed by atoms with Crippen LogP contribution in [0.2, 0.25) is 0 Å². The van der Waals surface area contributed by atoms with Crippen molar-refractivity contribution in [1.82, 2.24) is 15.3 Å². The number of halogens is 1. The van der Waals surface area contributed by atoms with E-state index in [9.17, 15) is 4.21 Å². The molecule has 96 valence electrons. The third kappa shape index (κ3) is 4.01. The van der Waals surface area contributed by atoms with Crippen molar-refractivity contribution in [2.45, 2.75) is 37.3 Å². The minimum atomic E-state index is -1.03. The molecule has 1 aromatic heterocycles. The number of piperidine rings is 1. The molecule has 0 aliphatic carbocycles. The molecule has 2 heterocycles. The Labute approximate surface area is 110 Å². The number of nitrogens with one attached hydrogen (secondary N) is 1. The largest absolute Gasteiger partial charge is 0.313 e. The zero-order valence-corrected chi connectivity index (χ0v) is 11.5. The summed E-state index contributed by atoms with van der Waals surface area (Å²) in [6.45, 7) is 2.90. The molecule has 0 spiro atoms. The molecule has 0 aromatic carbocycles. The molecule has 2 atom stereocenters. The van der Waals surface area contributed by atoms with Crippen LogP contribution in [0.3, 0.4) is 0 Å². The molecule has 1 aliphatic heterocycles. The Kier molecular flexibility index (Phi) is 6.02.